The van der Waals surface area contributed by atoms with Crippen molar-refractivity contribution in [2.45, 2.75) is 0 Å². The molecule has 2 aromatic rings. The lowest BCUT2D eigenvalue weighted by Crippen LogP contribution is -2.13. The van der Waals surface area contributed by atoms with Gasteiger partial charge < -0.3 is 10.1 Å². The first-order chi connectivity index (χ1) is 9.56. The maximum atomic E-state index is 13.5. The molecule has 0 bridgehead atoms. The first kappa shape index (κ1) is 15.3. The van der Waals surface area contributed by atoms with E-state index in [1.807, 2.05) is 24.3 Å². The average Bonchev–Trinajstić information content (AvgIpc) is 2.39. The van der Waals surface area contributed by atoms with Crippen LogP contribution in [0.25, 0.3) is 0 Å². The van der Waals surface area contributed by atoms with Crippen LogP contribution in [-0.4, -0.2) is 13.2 Å². The molecule has 0 saturated heterocycles. The van der Waals surface area contributed by atoms with E-state index in [0.717, 1.165) is 4.47 Å². The Kier molecular flexibility index (Phi) is 5.37. The molecule has 0 fully saturated rings. The van der Waals surface area contributed by atoms with Crippen molar-refractivity contribution in [2.24, 2.45) is 0 Å². The average molecular weight is 407 g/mol. The van der Waals surface area contributed by atoms with Crippen LogP contribution in [0.4, 0.5) is 14.5 Å². The van der Waals surface area contributed by atoms with Crippen molar-refractivity contribution in [1.29, 1.82) is 0 Å². The number of nitrogens with one attached hydrogen (secondary N) is 1. The van der Waals surface area contributed by atoms with E-state index in [1.54, 1.807) is 0 Å². The molecule has 20 heavy (non-hydrogen) atoms. The van der Waals surface area contributed by atoms with Crippen LogP contribution in [0.3, 0.4) is 0 Å². The Morgan fingerprint density at radius 1 is 0.950 bits per heavy atom. The van der Waals surface area contributed by atoms with Crippen LogP contribution in [0.15, 0.2) is 45.3 Å². The van der Waals surface area contributed by atoms with E-state index in [2.05, 4.69) is 37.2 Å². The number of benzene rings is 2. The summed E-state index contributed by atoms with van der Waals surface area (Å²) >= 11 is 6.35. The molecule has 2 rings (SSSR count). The molecular weight excluding hydrogens is 396 g/mol. The van der Waals surface area contributed by atoms with Crippen LogP contribution >= 0.6 is 31.9 Å². The van der Waals surface area contributed by atoms with E-state index in [-0.39, 0.29) is 5.69 Å². The SMILES string of the molecule is Fc1cc(Br)cc(F)c1NCCOc1ccc(Br)cc1. The summed E-state index contributed by atoms with van der Waals surface area (Å²) in [6, 6.07) is 9.76. The Balaban J connectivity index is 1.86. The van der Waals surface area contributed by atoms with Gasteiger partial charge in [-0.1, -0.05) is 31.9 Å². The molecule has 0 aliphatic carbocycles. The largest absolute Gasteiger partial charge is 0.492 e. The molecule has 2 aromatic carbocycles. The first-order valence-corrected chi connectivity index (χ1v) is 7.41. The molecule has 0 aliphatic rings. The molecule has 0 unspecified atom stereocenters. The van der Waals surface area contributed by atoms with Gasteiger partial charge in [-0.05, 0) is 36.4 Å². The van der Waals surface area contributed by atoms with Crippen molar-refractivity contribution in [3.05, 3.63) is 57.0 Å². The lowest BCUT2D eigenvalue weighted by molar-refractivity contribution is 0.332. The maximum Gasteiger partial charge on any atom is 0.150 e. The predicted octanol–water partition coefficient (Wildman–Crippen LogP) is 4.98. The summed E-state index contributed by atoms with van der Waals surface area (Å²) in [5.74, 6) is -0.576. The number of ether oxygens (including phenoxy) is 1. The Morgan fingerprint density at radius 2 is 1.55 bits per heavy atom. The monoisotopic (exact) mass is 405 g/mol. The van der Waals surface area contributed by atoms with Gasteiger partial charge in [-0.15, -0.1) is 0 Å². The third-order valence-corrected chi connectivity index (χ3v) is 3.48. The summed E-state index contributed by atoms with van der Waals surface area (Å²) in [4.78, 5) is 0. The molecule has 106 valence electrons. The molecule has 0 atom stereocenters. The van der Waals surface area contributed by atoms with Crippen LogP contribution in [0.2, 0.25) is 0 Å². The molecule has 0 amide bonds. The lowest BCUT2D eigenvalue weighted by Gasteiger charge is -2.10. The van der Waals surface area contributed by atoms with Crippen molar-refractivity contribution in [2.75, 3.05) is 18.5 Å². The smallest absolute Gasteiger partial charge is 0.150 e. The van der Waals surface area contributed by atoms with E-state index in [0.29, 0.717) is 23.4 Å². The minimum Gasteiger partial charge on any atom is -0.492 e. The van der Waals surface area contributed by atoms with Crippen molar-refractivity contribution >= 4 is 37.5 Å². The second-order valence-corrected chi connectivity index (χ2v) is 5.80. The molecule has 0 aliphatic heterocycles. The third-order valence-electron chi connectivity index (χ3n) is 2.49. The van der Waals surface area contributed by atoms with Gasteiger partial charge in [0.15, 0.2) is 0 Å². The summed E-state index contributed by atoms with van der Waals surface area (Å²) in [7, 11) is 0. The Hall–Kier alpha value is -1.14. The summed E-state index contributed by atoms with van der Waals surface area (Å²) in [5.41, 5.74) is -0.146. The highest BCUT2D eigenvalue weighted by Crippen LogP contribution is 2.23. The molecule has 0 saturated carbocycles. The Labute approximate surface area is 132 Å². The normalized spacial score (nSPS) is 10.4. The van der Waals surface area contributed by atoms with Crippen LogP contribution in [0.5, 0.6) is 5.75 Å². The minimum absolute atomic E-state index is 0.146. The minimum atomic E-state index is -0.638. The highest BCUT2D eigenvalue weighted by molar-refractivity contribution is 9.10. The third kappa shape index (κ3) is 4.18. The van der Waals surface area contributed by atoms with Crippen LogP contribution in [0, 0.1) is 11.6 Å². The van der Waals surface area contributed by atoms with Crippen LogP contribution in [0.1, 0.15) is 0 Å². The van der Waals surface area contributed by atoms with Gasteiger partial charge in [0.1, 0.15) is 29.7 Å². The molecule has 6 heteroatoms. The number of anilines is 1. The van der Waals surface area contributed by atoms with Crippen LogP contribution in [-0.2, 0) is 0 Å². The highest BCUT2D eigenvalue weighted by atomic mass is 79.9. The first-order valence-electron chi connectivity index (χ1n) is 5.83. The molecule has 1 N–H and O–H groups in total. The van der Waals surface area contributed by atoms with Crippen molar-refractivity contribution in [1.82, 2.24) is 0 Å². The van der Waals surface area contributed by atoms with E-state index >= 15 is 0 Å². The van der Waals surface area contributed by atoms with E-state index in [1.165, 1.54) is 12.1 Å². The zero-order valence-corrected chi connectivity index (χ0v) is 13.5. The van der Waals surface area contributed by atoms with Crippen LogP contribution < -0.4 is 10.1 Å². The van der Waals surface area contributed by atoms with Gasteiger partial charge >= 0.3 is 0 Å². The molecule has 0 heterocycles. The molecule has 2 nitrogen and oxygen atoms in total. The van der Waals surface area contributed by atoms with Gasteiger partial charge in [0.05, 0.1) is 0 Å². The van der Waals surface area contributed by atoms with Crippen molar-refractivity contribution < 1.29 is 13.5 Å². The second kappa shape index (κ2) is 7.04. The van der Waals surface area contributed by atoms with Gasteiger partial charge in [0.2, 0.25) is 0 Å². The quantitative estimate of drug-likeness (QED) is 0.707. The number of rotatable bonds is 5. The number of halogens is 4. The fourth-order valence-electron chi connectivity index (χ4n) is 1.59. The molecular formula is C14H11Br2F2NO. The van der Waals surface area contributed by atoms with Crippen molar-refractivity contribution in [3.63, 3.8) is 0 Å². The van der Waals surface area contributed by atoms with Gasteiger partial charge in [0, 0.05) is 15.5 Å². The zero-order valence-electron chi connectivity index (χ0n) is 10.3. The predicted molar refractivity (Wildman–Crippen MR) is 82.2 cm³/mol. The topological polar surface area (TPSA) is 21.3 Å². The summed E-state index contributed by atoms with van der Waals surface area (Å²) in [5, 5.41) is 2.68. The Morgan fingerprint density at radius 3 is 2.15 bits per heavy atom. The van der Waals surface area contributed by atoms with Crippen molar-refractivity contribution in [3.8, 4) is 5.75 Å². The summed E-state index contributed by atoms with van der Waals surface area (Å²) in [6.07, 6.45) is 0. The molecule has 0 radical (unpaired) electrons. The van der Waals surface area contributed by atoms with E-state index in [9.17, 15) is 8.78 Å². The fraction of sp³-hybridized carbons (Fsp3) is 0.143. The molecule has 0 spiro atoms. The zero-order chi connectivity index (χ0) is 14.5. The van der Waals surface area contributed by atoms with Gasteiger partial charge in [-0.3, -0.25) is 0 Å². The highest BCUT2D eigenvalue weighted by Gasteiger charge is 2.09. The second-order valence-electron chi connectivity index (χ2n) is 3.97. The number of hydrogen-bond acceptors (Lipinski definition) is 2. The standard InChI is InChI=1S/C14H11Br2F2NO/c15-9-1-3-11(4-2-9)20-6-5-19-14-12(17)7-10(16)8-13(14)18/h1-4,7-8,19H,5-6H2. The van der Waals surface area contributed by atoms with E-state index in [4.69, 9.17) is 4.74 Å². The summed E-state index contributed by atoms with van der Waals surface area (Å²) in [6.45, 7) is 0.599. The Bertz CT molecular complexity index is 567. The van der Waals surface area contributed by atoms with E-state index < -0.39 is 11.6 Å². The lowest BCUT2D eigenvalue weighted by atomic mass is 10.3. The van der Waals surface area contributed by atoms with Gasteiger partial charge in [0.25, 0.3) is 0 Å². The number of hydrogen-bond donors (Lipinski definition) is 1. The summed E-state index contributed by atoms with van der Waals surface area (Å²) < 4.78 is 33.8. The molecule has 0 aromatic heterocycles. The van der Waals surface area contributed by atoms with Gasteiger partial charge in [-0.25, -0.2) is 8.78 Å². The van der Waals surface area contributed by atoms with Gasteiger partial charge in [-0.2, -0.15) is 0 Å². The maximum absolute atomic E-state index is 13.5. The fourth-order valence-corrected chi connectivity index (χ4v) is 2.25.